The molecule has 0 heteroatoms. The van der Waals surface area contributed by atoms with Crippen molar-refractivity contribution in [3.8, 4) is 0 Å². The van der Waals surface area contributed by atoms with Crippen LogP contribution in [-0.4, -0.2) is 0 Å². The Bertz CT molecular complexity index is 1330. The van der Waals surface area contributed by atoms with Gasteiger partial charge in [-0.1, -0.05) is 170 Å². The third-order valence-corrected chi connectivity index (χ3v) is 10.5. The van der Waals surface area contributed by atoms with Crippen LogP contribution in [-0.2, 0) is 0 Å². The van der Waals surface area contributed by atoms with Crippen LogP contribution in [0.25, 0.3) is 5.57 Å². The Morgan fingerprint density at radius 3 is 2.06 bits per heavy atom. The van der Waals surface area contributed by atoms with Gasteiger partial charge >= 0.3 is 0 Å². The van der Waals surface area contributed by atoms with Gasteiger partial charge in [0.25, 0.3) is 0 Å². The van der Waals surface area contributed by atoms with Crippen LogP contribution in [0.5, 0.6) is 0 Å². The number of benzene rings is 1. The Balaban J connectivity index is 0.000000965. The second-order valence-electron chi connectivity index (χ2n) is 15.8. The van der Waals surface area contributed by atoms with Crippen molar-refractivity contribution in [3.63, 3.8) is 0 Å². The molecule has 2 aliphatic carbocycles. The lowest BCUT2D eigenvalue weighted by Crippen LogP contribution is -2.24. The van der Waals surface area contributed by atoms with Gasteiger partial charge < -0.3 is 0 Å². The van der Waals surface area contributed by atoms with Crippen LogP contribution in [0.3, 0.4) is 0 Å². The highest BCUT2D eigenvalue weighted by molar-refractivity contribution is 5.74. The molecular weight excluding hydrogens is 565 g/mol. The molecule has 0 radical (unpaired) electrons. The molecule has 0 N–H and O–H groups in total. The molecule has 1 aromatic rings. The molecule has 0 spiro atoms. The molecule has 0 nitrogen and oxygen atoms in total. The van der Waals surface area contributed by atoms with Crippen LogP contribution >= 0.6 is 0 Å². The summed E-state index contributed by atoms with van der Waals surface area (Å²) in [5, 5.41) is 0. The molecule has 47 heavy (non-hydrogen) atoms. The van der Waals surface area contributed by atoms with Crippen LogP contribution in [0, 0.1) is 17.3 Å². The monoisotopic (exact) mass is 635 g/mol. The van der Waals surface area contributed by atoms with E-state index in [2.05, 4.69) is 137 Å². The lowest BCUT2D eigenvalue weighted by molar-refractivity contribution is 0.215. The van der Waals surface area contributed by atoms with E-state index in [9.17, 15) is 0 Å². The number of hydrogen-bond donors (Lipinski definition) is 0. The van der Waals surface area contributed by atoms with Crippen LogP contribution in [0.1, 0.15) is 157 Å². The fourth-order valence-electron chi connectivity index (χ4n) is 6.93. The van der Waals surface area contributed by atoms with Crippen molar-refractivity contribution in [2.24, 2.45) is 17.3 Å². The number of allylic oxidation sites excluding steroid dienone is 13. The molecule has 3 rings (SSSR count). The van der Waals surface area contributed by atoms with Gasteiger partial charge in [-0.2, -0.15) is 0 Å². The molecule has 0 aromatic heterocycles. The first-order chi connectivity index (χ1) is 22.2. The first kappa shape index (κ1) is 40.3. The Labute approximate surface area is 292 Å². The van der Waals surface area contributed by atoms with Crippen molar-refractivity contribution in [2.75, 3.05) is 0 Å². The minimum absolute atomic E-state index is 0.327. The highest BCUT2D eigenvalue weighted by Crippen LogP contribution is 2.42. The van der Waals surface area contributed by atoms with Gasteiger partial charge in [-0.15, -0.1) is 0 Å². The lowest BCUT2D eigenvalue weighted by atomic mass is 9.69. The number of rotatable bonds is 12. The van der Waals surface area contributed by atoms with Crippen molar-refractivity contribution in [2.45, 2.75) is 146 Å². The maximum absolute atomic E-state index is 4.56. The van der Waals surface area contributed by atoms with E-state index in [0.717, 1.165) is 43.6 Å². The van der Waals surface area contributed by atoms with E-state index in [1.54, 1.807) is 0 Å². The molecule has 2 saturated carbocycles. The molecule has 1 unspecified atom stereocenters. The third kappa shape index (κ3) is 13.6. The molecule has 0 bridgehead atoms. The predicted octanol–water partition coefficient (Wildman–Crippen LogP) is 15.3. The van der Waals surface area contributed by atoms with Gasteiger partial charge in [-0.25, -0.2) is 0 Å². The summed E-state index contributed by atoms with van der Waals surface area (Å²) in [7, 11) is 0. The van der Waals surface area contributed by atoms with Gasteiger partial charge in [0.2, 0.25) is 0 Å². The Kier molecular flexibility index (Phi) is 17.0. The normalized spacial score (nSPS) is 19.5. The molecule has 258 valence electrons. The highest BCUT2D eigenvalue weighted by Gasteiger charge is 2.29. The first-order valence-corrected chi connectivity index (χ1v) is 18.7. The lowest BCUT2D eigenvalue weighted by Gasteiger charge is -2.36. The number of hydrogen-bond acceptors (Lipinski definition) is 0. The summed E-state index contributed by atoms with van der Waals surface area (Å²) < 4.78 is 0. The predicted molar refractivity (Wildman–Crippen MR) is 214 cm³/mol. The van der Waals surface area contributed by atoms with E-state index in [1.165, 1.54) is 88.7 Å². The standard InChI is InChI=1S/C40H56.C7H14/c1-13-15-36(35-21-19-34(20-22-35)33(14-2)18-16-28(3)4)24-31(8)32(9)25-37(29(5)6)26-38-27-39(40(10,11)12)23-17-30(38)7;1-2-7-5-3-4-6-7/h14,16,18-22,25-26,36,39H,3,7-8,13,15,17,23-24,27H2,1-2,4-6,9-12H3;7H,2-6H2,1H3/b18-16-,32-25+,33-14+,38-26-;/t36-,39?;/m0./s1. The van der Waals surface area contributed by atoms with Crippen LogP contribution < -0.4 is 0 Å². The van der Waals surface area contributed by atoms with Crippen molar-refractivity contribution in [1.82, 2.24) is 0 Å². The summed E-state index contributed by atoms with van der Waals surface area (Å²) in [6.45, 7) is 35.5. The second-order valence-corrected chi connectivity index (χ2v) is 15.8. The Hall–Kier alpha value is -2.86. The molecular formula is C47H70. The summed E-state index contributed by atoms with van der Waals surface area (Å²) in [6, 6.07) is 9.15. The molecule has 0 amide bonds. The zero-order valence-corrected chi connectivity index (χ0v) is 32.3. The average Bonchev–Trinajstić information content (AvgIpc) is 3.56. The molecule has 0 heterocycles. The Morgan fingerprint density at radius 2 is 1.57 bits per heavy atom. The molecule has 1 aromatic carbocycles. The maximum atomic E-state index is 4.56. The van der Waals surface area contributed by atoms with Crippen molar-refractivity contribution in [1.29, 1.82) is 0 Å². The Morgan fingerprint density at radius 1 is 0.936 bits per heavy atom. The van der Waals surface area contributed by atoms with E-state index < -0.39 is 0 Å². The van der Waals surface area contributed by atoms with E-state index in [1.807, 2.05) is 6.92 Å². The van der Waals surface area contributed by atoms with Crippen LogP contribution in [0.2, 0.25) is 0 Å². The minimum Gasteiger partial charge on any atom is -0.0961 e. The average molecular weight is 635 g/mol. The van der Waals surface area contributed by atoms with Crippen molar-refractivity contribution >= 4 is 5.57 Å². The van der Waals surface area contributed by atoms with E-state index in [4.69, 9.17) is 0 Å². The SMILES string of the molecule is C=C(C)/C=C\C(=C/C)c1ccc([C@@H](CCC)CC(=C)/C(C)=C/C(/C=C2/CC(C(C)(C)C)CCC2=C)=C(C)C)cc1.CCC1CCCC1. The van der Waals surface area contributed by atoms with Crippen LogP contribution in [0.15, 0.2) is 113 Å². The molecule has 2 atom stereocenters. The van der Waals surface area contributed by atoms with Crippen molar-refractivity contribution in [3.05, 3.63) is 125 Å². The summed E-state index contributed by atoms with van der Waals surface area (Å²) >= 11 is 0. The van der Waals surface area contributed by atoms with Gasteiger partial charge in [0, 0.05) is 0 Å². The van der Waals surface area contributed by atoms with Crippen LogP contribution in [0.4, 0.5) is 0 Å². The maximum Gasteiger partial charge on any atom is -0.0122 e. The third-order valence-electron chi connectivity index (χ3n) is 10.5. The van der Waals surface area contributed by atoms with E-state index in [-0.39, 0.29) is 0 Å². The molecule has 0 aliphatic heterocycles. The zero-order valence-electron chi connectivity index (χ0n) is 32.3. The van der Waals surface area contributed by atoms with Gasteiger partial charge in [0.1, 0.15) is 0 Å². The largest absolute Gasteiger partial charge is 0.0961 e. The van der Waals surface area contributed by atoms with Gasteiger partial charge in [0.15, 0.2) is 0 Å². The molecule has 2 fully saturated rings. The summed E-state index contributed by atoms with van der Waals surface area (Å²) in [5.74, 6) is 2.27. The fourth-order valence-corrected chi connectivity index (χ4v) is 6.93. The summed E-state index contributed by atoms with van der Waals surface area (Å²) in [5.41, 5.74) is 13.2. The molecule has 0 saturated heterocycles. The first-order valence-electron chi connectivity index (χ1n) is 18.7. The smallest absolute Gasteiger partial charge is 0.0122 e. The fraction of sp³-hybridized carbons (Fsp3) is 0.532. The van der Waals surface area contributed by atoms with E-state index >= 15 is 0 Å². The molecule has 2 aliphatic rings. The van der Waals surface area contributed by atoms with E-state index in [0.29, 0.717) is 17.3 Å². The van der Waals surface area contributed by atoms with Crippen molar-refractivity contribution < 1.29 is 0 Å². The van der Waals surface area contributed by atoms with Gasteiger partial charge in [-0.3, -0.25) is 0 Å². The topological polar surface area (TPSA) is 0 Å². The van der Waals surface area contributed by atoms with Gasteiger partial charge in [0.05, 0.1) is 0 Å². The van der Waals surface area contributed by atoms with Gasteiger partial charge in [-0.05, 0) is 123 Å². The summed E-state index contributed by atoms with van der Waals surface area (Å²) in [4.78, 5) is 0. The highest BCUT2D eigenvalue weighted by atomic mass is 14.3. The minimum atomic E-state index is 0.327. The zero-order chi connectivity index (χ0) is 35.1. The second kappa shape index (κ2) is 19.8. The summed E-state index contributed by atoms with van der Waals surface area (Å²) in [6.07, 6.45) is 25.4. The quantitative estimate of drug-likeness (QED) is 0.201.